The number of carbonyl (C=O) groups is 1. The predicted octanol–water partition coefficient (Wildman–Crippen LogP) is 2.40. The van der Waals surface area contributed by atoms with E-state index < -0.39 is 0 Å². The van der Waals surface area contributed by atoms with E-state index in [9.17, 15) is 9.18 Å². The lowest BCUT2D eigenvalue weighted by atomic mass is 9.96. The second-order valence-electron chi connectivity index (χ2n) is 6.98. The van der Waals surface area contributed by atoms with E-state index in [1.54, 1.807) is 19.2 Å². The first kappa shape index (κ1) is 19.3. The first-order valence-electron chi connectivity index (χ1n) is 9.55. The highest BCUT2D eigenvalue weighted by atomic mass is 19.1. The van der Waals surface area contributed by atoms with Crippen LogP contribution >= 0.6 is 0 Å². The average Bonchev–Trinajstić information content (AvgIpc) is 3.19. The topological polar surface area (TPSA) is 93.4 Å². The van der Waals surface area contributed by atoms with E-state index in [0.717, 1.165) is 19.4 Å². The highest BCUT2D eigenvalue weighted by Gasteiger charge is 2.29. The van der Waals surface area contributed by atoms with Gasteiger partial charge in [-0.25, -0.2) is 9.37 Å². The zero-order chi connectivity index (χ0) is 20.2. The third-order valence-electron chi connectivity index (χ3n) is 5.07. The molecule has 1 saturated heterocycles. The van der Waals surface area contributed by atoms with Gasteiger partial charge in [0.2, 0.25) is 5.91 Å². The van der Waals surface area contributed by atoms with Gasteiger partial charge >= 0.3 is 0 Å². The number of amides is 1. The van der Waals surface area contributed by atoms with Crippen LogP contribution in [0.5, 0.6) is 0 Å². The van der Waals surface area contributed by atoms with E-state index in [-0.39, 0.29) is 17.6 Å². The van der Waals surface area contributed by atoms with Crippen molar-refractivity contribution in [3.8, 4) is 11.3 Å². The van der Waals surface area contributed by atoms with E-state index >= 15 is 0 Å². The number of rotatable bonds is 6. The van der Waals surface area contributed by atoms with E-state index in [1.807, 2.05) is 0 Å². The quantitative estimate of drug-likeness (QED) is 0.636. The third kappa shape index (κ3) is 4.04. The molecule has 4 rings (SSSR count). The van der Waals surface area contributed by atoms with Crippen LogP contribution in [0.3, 0.4) is 0 Å². The first-order valence-corrected chi connectivity index (χ1v) is 9.55. The van der Waals surface area contributed by atoms with Gasteiger partial charge in [-0.2, -0.15) is 4.98 Å². The van der Waals surface area contributed by atoms with Crippen molar-refractivity contribution in [3.63, 3.8) is 0 Å². The van der Waals surface area contributed by atoms with E-state index in [4.69, 9.17) is 9.26 Å². The zero-order valence-corrected chi connectivity index (χ0v) is 16.1. The van der Waals surface area contributed by atoms with Gasteiger partial charge in [-0.05, 0) is 37.1 Å². The molecule has 1 atom stereocenters. The fourth-order valence-electron chi connectivity index (χ4n) is 3.62. The summed E-state index contributed by atoms with van der Waals surface area (Å²) >= 11 is 0. The number of piperidine rings is 1. The Morgan fingerprint density at radius 3 is 2.97 bits per heavy atom. The van der Waals surface area contributed by atoms with Gasteiger partial charge in [0.15, 0.2) is 0 Å². The Hall–Kier alpha value is -3.07. The predicted molar refractivity (Wildman–Crippen MR) is 105 cm³/mol. The summed E-state index contributed by atoms with van der Waals surface area (Å²) < 4.78 is 23.7. The Kier molecular flexibility index (Phi) is 5.66. The summed E-state index contributed by atoms with van der Waals surface area (Å²) in [5.41, 5.74) is 1.63. The summed E-state index contributed by atoms with van der Waals surface area (Å²) in [6.45, 7) is 2.28. The lowest BCUT2D eigenvalue weighted by Crippen LogP contribution is -2.44. The monoisotopic (exact) mass is 399 g/mol. The van der Waals surface area contributed by atoms with Crippen LogP contribution in [-0.4, -0.2) is 54.4 Å². The molecule has 1 fully saturated rings. The van der Waals surface area contributed by atoms with Crippen LogP contribution in [0.2, 0.25) is 0 Å². The van der Waals surface area contributed by atoms with Gasteiger partial charge < -0.3 is 19.5 Å². The molecule has 0 radical (unpaired) electrons. The number of hydrogen-bond donors (Lipinski definition) is 1. The molecule has 0 bridgehead atoms. The summed E-state index contributed by atoms with van der Waals surface area (Å²) in [7, 11) is 1.60. The van der Waals surface area contributed by atoms with Crippen molar-refractivity contribution in [1.82, 2.24) is 20.4 Å². The van der Waals surface area contributed by atoms with Gasteiger partial charge in [0.25, 0.3) is 5.71 Å². The molecule has 1 aliphatic rings. The molecule has 0 aliphatic carbocycles. The second kappa shape index (κ2) is 8.52. The minimum absolute atomic E-state index is 0.0149. The number of methoxy groups -OCH3 is 1. The lowest BCUT2D eigenvalue weighted by molar-refractivity contribution is -0.125. The Morgan fingerprint density at radius 2 is 2.17 bits per heavy atom. The maximum Gasteiger partial charge on any atom is 0.263 e. The van der Waals surface area contributed by atoms with Crippen LogP contribution < -0.4 is 10.2 Å². The Labute approximate surface area is 167 Å². The molecule has 1 aromatic carbocycles. The molecule has 0 spiro atoms. The van der Waals surface area contributed by atoms with Crippen molar-refractivity contribution in [3.05, 3.63) is 36.4 Å². The van der Waals surface area contributed by atoms with Crippen LogP contribution in [0.15, 0.2) is 35.1 Å². The van der Waals surface area contributed by atoms with Crippen LogP contribution in [-0.2, 0) is 9.53 Å². The Morgan fingerprint density at radius 1 is 1.34 bits per heavy atom. The van der Waals surface area contributed by atoms with Gasteiger partial charge in [0, 0.05) is 32.3 Å². The van der Waals surface area contributed by atoms with Crippen molar-refractivity contribution in [2.24, 2.45) is 5.92 Å². The largest absolute Gasteiger partial charge is 0.383 e. The molecule has 8 nitrogen and oxygen atoms in total. The molecule has 1 N–H and O–H groups in total. The number of anilines is 1. The zero-order valence-electron chi connectivity index (χ0n) is 16.1. The molecular formula is C20H22FN5O3. The molecule has 0 saturated carbocycles. The van der Waals surface area contributed by atoms with Crippen molar-refractivity contribution in [2.45, 2.75) is 12.8 Å². The molecule has 0 unspecified atom stereocenters. The molecule has 1 amide bonds. The highest BCUT2D eigenvalue weighted by Crippen LogP contribution is 2.34. The smallest absolute Gasteiger partial charge is 0.263 e. The molecular weight excluding hydrogens is 377 g/mol. The summed E-state index contributed by atoms with van der Waals surface area (Å²) in [6.07, 6.45) is 3.11. The van der Waals surface area contributed by atoms with Crippen LogP contribution in [0.25, 0.3) is 22.4 Å². The van der Waals surface area contributed by atoms with E-state index in [2.05, 4.69) is 25.3 Å². The molecule has 3 aromatic rings. The molecule has 1 aliphatic heterocycles. The maximum atomic E-state index is 13.3. The molecule has 152 valence electrons. The SMILES string of the molecule is COCCNC(=O)[C@H]1CCCN(c2ncnc3onc(-c4ccc(F)cc4)c23)C1. The van der Waals surface area contributed by atoms with Crippen LogP contribution in [0, 0.1) is 11.7 Å². The van der Waals surface area contributed by atoms with Gasteiger partial charge in [-0.15, -0.1) is 0 Å². The average molecular weight is 399 g/mol. The van der Waals surface area contributed by atoms with Gasteiger partial charge in [0.1, 0.15) is 29.0 Å². The number of aromatic nitrogens is 3. The minimum atomic E-state index is -0.323. The lowest BCUT2D eigenvalue weighted by Gasteiger charge is -2.33. The number of carbonyl (C=O) groups excluding carboxylic acids is 1. The summed E-state index contributed by atoms with van der Waals surface area (Å²) in [4.78, 5) is 23.2. The third-order valence-corrected chi connectivity index (χ3v) is 5.07. The van der Waals surface area contributed by atoms with Crippen molar-refractivity contribution >= 4 is 22.8 Å². The normalized spacial score (nSPS) is 16.9. The molecule has 2 aromatic heterocycles. The Bertz CT molecular complexity index is 991. The van der Waals surface area contributed by atoms with Crippen molar-refractivity contribution < 1.29 is 18.4 Å². The summed E-state index contributed by atoms with van der Waals surface area (Å²) in [6, 6.07) is 6.04. The van der Waals surface area contributed by atoms with Gasteiger partial charge in [-0.3, -0.25) is 4.79 Å². The molecule has 29 heavy (non-hydrogen) atoms. The number of hydrogen-bond acceptors (Lipinski definition) is 7. The van der Waals surface area contributed by atoms with Crippen molar-refractivity contribution in [2.75, 3.05) is 38.3 Å². The van der Waals surface area contributed by atoms with Crippen LogP contribution in [0.4, 0.5) is 10.2 Å². The standard InChI is InChI=1S/C20H22FN5O3/c1-28-10-8-22-19(27)14-3-2-9-26(11-14)18-16-17(13-4-6-15(21)7-5-13)25-29-20(16)24-12-23-18/h4-7,12,14H,2-3,8-11H2,1H3,(H,22,27)/t14-/m0/s1. The van der Waals surface area contributed by atoms with Gasteiger partial charge in [-0.1, -0.05) is 5.16 Å². The Balaban J connectivity index is 1.62. The molecule has 3 heterocycles. The number of benzene rings is 1. The van der Waals surface area contributed by atoms with E-state index in [1.165, 1.54) is 18.5 Å². The fourth-order valence-corrected chi connectivity index (χ4v) is 3.62. The van der Waals surface area contributed by atoms with Crippen molar-refractivity contribution in [1.29, 1.82) is 0 Å². The van der Waals surface area contributed by atoms with E-state index in [0.29, 0.717) is 47.9 Å². The summed E-state index contributed by atoms with van der Waals surface area (Å²) in [5, 5.41) is 7.71. The minimum Gasteiger partial charge on any atom is -0.383 e. The fraction of sp³-hybridized carbons (Fsp3) is 0.400. The number of halogens is 1. The number of nitrogens with one attached hydrogen (secondary N) is 1. The number of ether oxygens (including phenoxy) is 1. The first-order chi connectivity index (χ1) is 14.2. The maximum absolute atomic E-state index is 13.3. The summed E-state index contributed by atoms with van der Waals surface area (Å²) in [5.74, 6) is 0.224. The van der Waals surface area contributed by atoms with Gasteiger partial charge in [0.05, 0.1) is 12.5 Å². The highest BCUT2D eigenvalue weighted by molar-refractivity contribution is 5.98. The molecule has 9 heteroatoms. The van der Waals surface area contributed by atoms with Crippen LogP contribution in [0.1, 0.15) is 12.8 Å². The number of nitrogens with zero attached hydrogens (tertiary/aromatic N) is 4. The second-order valence-corrected chi connectivity index (χ2v) is 6.98. The number of fused-ring (bicyclic) bond motifs is 1.